The van der Waals surface area contributed by atoms with E-state index < -0.39 is 22.9 Å². The van der Waals surface area contributed by atoms with E-state index in [1.807, 2.05) is 0 Å². The maximum absolute atomic E-state index is 10.9. The Morgan fingerprint density at radius 1 is 1.12 bits per heavy atom. The SMILES string of the molecule is C=CCC(C)(CC=C)C(C)=C(C(=O)O)C(=O)O. The molecule has 94 valence electrons. The summed E-state index contributed by atoms with van der Waals surface area (Å²) in [6.45, 7) is 10.6. The molecule has 4 heteroatoms. The minimum absolute atomic E-state index is 0.331. The Morgan fingerprint density at radius 3 is 1.71 bits per heavy atom. The molecule has 17 heavy (non-hydrogen) atoms. The summed E-state index contributed by atoms with van der Waals surface area (Å²) in [6, 6.07) is 0. The molecule has 0 saturated carbocycles. The maximum atomic E-state index is 10.9. The van der Waals surface area contributed by atoms with Crippen molar-refractivity contribution >= 4 is 11.9 Å². The van der Waals surface area contributed by atoms with E-state index in [9.17, 15) is 9.59 Å². The zero-order valence-electron chi connectivity index (χ0n) is 10.2. The van der Waals surface area contributed by atoms with Crippen LogP contribution in [-0.2, 0) is 9.59 Å². The lowest BCUT2D eigenvalue weighted by molar-refractivity contribution is -0.140. The molecular weight excluding hydrogens is 220 g/mol. The Labute approximate surface area is 101 Å². The fraction of sp³-hybridized carbons (Fsp3) is 0.385. The van der Waals surface area contributed by atoms with Crippen molar-refractivity contribution in [3.8, 4) is 0 Å². The number of rotatable bonds is 7. The van der Waals surface area contributed by atoms with E-state index in [1.54, 1.807) is 19.1 Å². The third-order valence-corrected chi connectivity index (χ3v) is 2.90. The van der Waals surface area contributed by atoms with Crippen molar-refractivity contribution in [2.45, 2.75) is 26.7 Å². The van der Waals surface area contributed by atoms with E-state index in [0.29, 0.717) is 18.4 Å². The van der Waals surface area contributed by atoms with Crippen LogP contribution in [0.2, 0.25) is 0 Å². The van der Waals surface area contributed by atoms with Gasteiger partial charge in [0.15, 0.2) is 0 Å². The molecule has 0 heterocycles. The second-order valence-electron chi connectivity index (χ2n) is 4.16. The van der Waals surface area contributed by atoms with Crippen molar-refractivity contribution in [3.63, 3.8) is 0 Å². The van der Waals surface area contributed by atoms with Crippen LogP contribution in [0.15, 0.2) is 36.5 Å². The zero-order valence-corrected chi connectivity index (χ0v) is 10.2. The molecule has 0 aliphatic heterocycles. The van der Waals surface area contributed by atoms with Gasteiger partial charge in [0.05, 0.1) is 0 Å². The monoisotopic (exact) mass is 238 g/mol. The first-order valence-corrected chi connectivity index (χ1v) is 5.20. The van der Waals surface area contributed by atoms with Crippen LogP contribution in [0.4, 0.5) is 0 Å². The van der Waals surface area contributed by atoms with Crippen LogP contribution in [0.3, 0.4) is 0 Å². The Kier molecular flexibility index (Phi) is 5.38. The van der Waals surface area contributed by atoms with Crippen LogP contribution in [0.5, 0.6) is 0 Å². The average Bonchev–Trinajstić information content (AvgIpc) is 2.16. The van der Waals surface area contributed by atoms with Gasteiger partial charge in [0, 0.05) is 0 Å². The Balaban J connectivity index is 5.71. The number of hydrogen-bond donors (Lipinski definition) is 2. The molecule has 0 spiro atoms. The maximum Gasteiger partial charge on any atom is 0.343 e. The van der Waals surface area contributed by atoms with E-state index in [0.717, 1.165) is 0 Å². The molecule has 0 radical (unpaired) electrons. The van der Waals surface area contributed by atoms with Crippen molar-refractivity contribution in [2.24, 2.45) is 5.41 Å². The molecule has 0 rings (SSSR count). The van der Waals surface area contributed by atoms with Crippen LogP contribution in [0, 0.1) is 5.41 Å². The van der Waals surface area contributed by atoms with Gasteiger partial charge in [0.2, 0.25) is 0 Å². The first kappa shape index (κ1) is 15.2. The summed E-state index contributed by atoms with van der Waals surface area (Å²) >= 11 is 0. The molecule has 0 aliphatic rings. The van der Waals surface area contributed by atoms with Gasteiger partial charge in [-0.1, -0.05) is 19.1 Å². The van der Waals surface area contributed by atoms with E-state index in [4.69, 9.17) is 10.2 Å². The topological polar surface area (TPSA) is 74.6 Å². The Morgan fingerprint density at radius 2 is 1.47 bits per heavy atom. The third-order valence-electron chi connectivity index (χ3n) is 2.90. The van der Waals surface area contributed by atoms with Gasteiger partial charge < -0.3 is 10.2 Å². The van der Waals surface area contributed by atoms with Crippen LogP contribution in [-0.4, -0.2) is 22.2 Å². The Bertz CT molecular complexity index is 351. The lowest BCUT2D eigenvalue weighted by Gasteiger charge is -2.29. The smallest absolute Gasteiger partial charge is 0.343 e. The van der Waals surface area contributed by atoms with Gasteiger partial charge in [0.1, 0.15) is 5.57 Å². The normalized spacial score (nSPS) is 10.5. The number of hydrogen-bond acceptors (Lipinski definition) is 2. The summed E-state index contributed by atoms with van der Waals surface area (Å²) in [5.41, 5.74) is -0.816. The van der Waals surface area contributed by atoms with Crippen molar-refractivity contribution < 1.29 is 19.8 Å². The van der Waals surface area contributed by atoms with Crippen molar-refractivity contribution in [1.29, 1.82) is 0 Å². The molecule has 0 amide bonds. The summed E-state index contributed by atoms with van der Waals surface area (Å²) < 4.78 is 0. The fourth-order valence-electron chi connectivity index (χ4n) is 1.74. The Hall–Kier alpha value is -1.84. The van der Waals surface area contributed by atoms with Crippen LogP contribution < -0.4 is 0 Å². The second-order valence-corrected chi connectivity index (χ2v) is 4.16. The molecule has 0 aromatic rings. The van der Waals surface area contributed by atoms with Gasteiger partial charge in [-0.2, -0.15) is 0 Å². The third kappa shape index (κ3) is 3.59. The van der Waals surface area contributed by atoms with Gasteiger partial charge in [-0.15, -0.1) is 13.2 Å². The predicted molar refractivity (Wildman–Crippen MR) is 65.7 cm³/mol. The van der Waals surface area contributed by atoms with Crippen molar-refractivity contribution in [3.05, 3.63) is 36.5 Å². The molecule has 0 unspecified atom stereocenters. The molecule has 0 fully saturated rings. The molecular formula is C13H18O4. The molecule has 0 saturated heterocycles. The van der Waals surface area contributed by atoms with Gasteiger partial charge in [-0.05, 0) is 30.8 Å². The summed E-state index contributed by atoms with van der Waals surface area (Å²) in [5, 5.41) is 17.8. The summed E-state index contributed by atoms with van der Waals surface area (Å²) in [6.07, 6.45) is 4.28. The van der Waals surface area contributed by atoms with E-state index in [1.165, 1.54) is 6.92 Å². The second kappa shape index (κ2) is 6.03. The molecule has 0 aliphatic carbocycles. The van der Waals surface area contributed by atoms with Gasteiger partial charge >= 0.3 is 11.9 Å². The molecule has 0 aromatic heterocycles. The van der Waals surface area contributed by atoms with Crippen LogP contribution in [0.25, 0.3) is 0 Å². The first-order chi connectivity index (χ1) is 7.80. The molecule has 2 N–H and O–H groups in total. The number of carboxylic acids is 2. The predicted octanol–water partition coefficient (Wildman–Crippen LogP) is 2.63. The highest BCUT2D eigenvalue weighted by atomic mass is 16.4. The number of allylic oxidation sites excluding steroid dienone is 3. The lowest BCUT2D eigenvalue weighted by Crippen LogP contribution is -2.24. The highest BCUT2D eigenvalue weighted by molar-refractivity contribution is 6.13. The number of aliphatic carboxylic acids is 2. The van der Waals surface area contributed by atoms with Crippen molar-refractivity contribution in [2.75, 3.05) is 0 Å². The van der Waals surface area contributed by atoms with Gasteiger partial charge in [0.25, 0.3) is 0 Å². The summed E-state index contributed by atoms with van der Waals surface area (Å²) in [4.78, 5) is 21.9. The first-order valence-electron chi connectivity index (χ1n) is 5.20. The standard InChI is InChI=1S/C13H18O4/c1-5-7-13(4,8-6-2)9(3)10(11(14)15)12(16)17/h5-6H,1-2,7-8H2,3-4H3,(H,14,15)(H,16,17). The number of carbonyl (C=O) groups is 2. The minimum atomic E-state index is -1.42. The summed E-state index contributed by atoms with van der Waals surface area (Å²) in [5.74, 6) is -2.84. The fourth-order valence-corrected chi connectivity index (χ4v) is 1.74. The van der Waals surface area contributed by atoms with E-state index in [-0.39, 0.29) is 0 Å². The van der Waals surface area contributed by atoms with E-state index in [2.05, 4.69) is 13.2 Å². The van der Waals surface area contributed by atoms with Gasteiger partial charge in [-0.25, -0.2) is 9.59 Å². The van der Waals surface area contributed by atoms with E-state index >= 15 is 0 Å². The lowest BCUT2D eigenvalue weighted by atomic mass is 9.75. The van der Waals surface area contributed by atoms with Crippen molar-refractivity contribution in [1.82, 2.24) is 0 Å². The molecule has 0 atom stereocenters. The number of carboxylic acid groups (broad SMARTS) is 2. The van der Waals surface area contributed by atoms with Crippen LogP contribution >= 0.6 is 0 Å². The zero-order chi connectivity index (χ0) is 13.6. The molecule has 4 nitrogen and oxygen atoms in total. The van der Waals surface area contributed by atoms with Gasteiger partial charge in [-0.3, -0.25) is 0 Å². The minimum Gasteiger partial charge on any atom is -0.477 e. The largest absolute Gasteiger partial charge is 0.477 e. The average molecular weight is 238 g/mol. The molecule has 0 aromatic carbocycles. The highest BCUT2D eigenvalue weighted by Gasteiger charge is 2.31. The van der Waals surface area contributed by atoms with Crippen LogP contribution in [0.1, 0.15) is 26.7 Å². The quantitative estimate of drug-likeness (QED) is 0.309. The molecule has 0 bridgehead atoms. The highest BCUT2D eigenvalue weighted by Crippen LogP contribution is 2.37. The summed E-state index contributed by atoms with van der Waals surface area (Å²) in [7, 11) is 0.